The average Bonchev–Trinajstić information content (AvgIpc) is 2.19. The van der Waals surface area contributed by atoms with Gasteiger partial charge in [0.2, 0.25) is 0 Å². The van der Waals surface area contributed by atoms with Crippen molar-refractivity contribution in [1.29, 1.82) is 0 Å². The molecule has 4 nitrogen and oxygen atoms in total. The number of hydrogen-bond donors (Lipinski definition) is 1. The molecule has 1 N–H and O–H groups in total. The highest BCUT2D eigenvalue weighted by Crippen LogP contribution is 2.29. The standard InChI is InChI=1S/C9H9FO4/c1-5-7(14-9(12)13-2)4-3-6(10)8(5)11/h3-4,11H,1-2H3. The Morgan fingerprint density at radius 3 is 2.71 bits per heavy atom. The van der Waals surface area contributed by atoms with Crippen LogP contribution in [0.25, 0.3) is 0 Å². The smallest absolute Gasteiger partial charge is 0.505 e. The van der Waals surface area contributed by atoms with Gasteiger partial charge in [0.1, 0.15) is 5.75 Å². The van der Waals surface area contributed by atoms with Crippen molar-refractivity contribution in [1.82, 2.24) is 0 Å². The number of halogens is 1. The number of rotatable bonds is 1. The minimum atomic E-state index is -0.917. The first-order valence-electron chi connectivity index (χ1n) is 3.80. The normalized spacial score (nSPS) is 9.64. The third-order valence-corrected chi connectivity index (χ3v) is 1.69. The largest absolute Gasteiger partial charge is 0.513 e. The lowest BCUT2D eigenvalue weighted by Gasteiger charge is -2.07. The molecule has 0 heterocycles. The molecule has 0 unspecified atom stereocenters. The fourth-order valence-electron chi connectivity index (χ4n) is 0.891. The number of benzene rings is 1. The molecular weight excluding hydrogens is 191 g/mol. The molecule has 0 amide bonds. The number of ether oxygens (including phenoxy) is 2. The average molecular weight is 200 g/mol. The molecule has 14 heavy (non-hydrogen) atoms. The van der Waals surface area contributed by atoms with Crippen LogP contribution >= 0.6 is 0 Å². The maximum absolute atomic E-state index is 12.8. The first-order chi connectivity index (χ1) is 6.56. The summed E-state index contributed by atoms with van der Waals surface area (Å²) in [7, 11) is 1.15. The highest BCUT2D eigenvalue weighted by atomic mass is 19.1. The molecule has 0 bridgehead atoms. The maximum atomic E-state index is 12.8. The highest BCUT2D eigenvalue weighted by molar-refractivity contribution is 5.65. The number of hydrogen-bond acceptors (Lipinski definition) is 4. The van der Waals surface area contributed by atoms with Crippen LogP contribution in [-0.4, -0.2) is 18.4 Å². The van der Waals surface area contributed by atoms with Gasteiger partial charge in [-0.05, 0) is 19.1 Å². The summed E-state index contributed by atoms with van der Waals surface area (Å²) in [6, 6.07) is 2.24. The maximum Gasteiger partial charge on any atom is 0.513 e. The van der Waals surface area contributed by atoms with Crippen LogP contribution in [-0.2, 0) is 4.74 Å². The van der Waals surface area contributed by atoms with E-state index in [1.165, 1.54) is 13.0 Å². The SMILES string of the molecule is COC(=O)Oc1ccc(F)c(O)c1C. The van der Waals surface area contributed by atoms with Crippen molar-refractivity contribution < 1.29 is 23.8 Å². The van der Waals surface area contributed by atoms with Crippen molar-refractivity contribution in [3.05, 3.63) is 23.5 Å². The van der Waals surface area contributed by atoms with Crippen molar-refractivity contribution in [2.45, 2.75) is 6.92 Å². The van der Waals surface area contributed by atoms with Gasteiger partial charge in [-0.2, -0.15) is 0 Å². The summed E-state index contributed by atoms with van der Waals surface area (Å²) in [5.74, 6) is -1.23. The number of methoxy groups -OCH3 is 1. The van der Waals surface area contributed by atoms with Gasteiger partial charge in [0.25, 0.3) is 0 Å². The van der Waals surface area contributed by atoms with E-state index in [0.29, 0.717) is 0 Å². The molecule has 0 aliphatic rings. The summed E-state index contributed by atoms with van der Waals surface area (Å²) in [4.78, 5) is 10.7. The Morgan fingerprint density at radius 1 is 1.50 bits per heavy atom. The fraction of sp³-hybridized carbons (Fsp3) is 0.222. The monoisotopic (exact) mass is 200 g/mol. The third-order valence-electron chi connectivity index (χ3n) is 1.69. The molecule has 76 valence electrons. The lowest BCUT2D eigenvalue weighted by atomic mass is 10.2. The van der Waals surface area contributed by atoms with Gasteiger partial charge >= 0.3 is 6.16 Å². The van der Waals surface area contributed by atoms with E-state index in [2.05, 4.69) is 9.47 Å². The molecule has 0 aromatic heterocycles. The molecule has 0 spiro atoms. The Balaban J connectivity index is 3.00. The summed E-state index contributed by atoms with van der Waals surface area (Å²) in [6.45, 7) is 1.43. The van der Waals surface area contributed by atoms with Crippen molar-refractivity contribution in [2.75, 3.05) is 7.11 Å². The van der Waals surface area contributed by atoms with Gasteiger partial charge in [-0.15, -0.1) is 0 Å². The minimum absolute atomic E-state index is 0.0655. The van der Waals surface area contributed by atoms with Crippen molar-refractivity contribution in [3.8, 4) is 11.5 Å². The van der Waals surface area contributed by atoms with E-state index in [1.807, 2.05) is 0 Å². The summed E-state index contributed by atoms with van der Waals surface area (Å²) in [5.41, 5.74) is 0.149. The van der Waals surface area contributed by atoms with Gasteiger partial charge in [0, 0.05) is 5.56 Å². The first-order valence-corrected chi connectivity index (χ1v) is 3.80. The fourth-order valence-corrected chi connectivity index (χ4v) is 0.891. The second-order valence-electron chi connectivity index (χ2n) is 2.58. The van der Waals surface area contributed by atoms with Gasteiger partial charge in [0.15, 0.2) is 11.6 Å². The van der Waals surface area contributed by atoms with Gasteiger partial charge in [-0.1, -0.05) is 0 Å². The third kappa shape index (κ3) is 1.93. The first kappa shape index (κ1) is 10.3. The Morgan fingerprint density at radius 2 is 2.14 bits per heavy atom. The molecule has 0 atom stereocenters. The van der Waals surface area contributed by atoms with Crippen molar-refractivity contribution >= 4 is 6.16 Å². The summed E-state index contributed by atoms with van der Waals surface area (Å²) >= 11 is 0. The van der Waals surface area contributed by atoms with Crippen molar-refractivity contribution in [2.24, 2.45) is 0 Å². The number of phenolic OH excluding ortho intramolecular Hbond substituents is 1. The van der Waals surface area contributed by atoms with Crippen LogP contribution in [0.1, 0.15) is 5.56 Å². The second kappa shape index (κ2) is 3.95. The van der Waals surface area contributed by atoms with Crippen LogP contribution < -0.4 is 4.74 Å². The molecule has 0 fully saturated rings. The predicted octanol–water partition coefficient (Wildman–Crippen LogP) is 1.98. The number of carbonyl (C=O) groups excluding carboxylic acids is 1. The zero-order chi connectivity index (χ0) is 10.7. The van der Waals surface area contributed by atoms with Crippen LogP contribution in [0.15, 0.2) is 12.1 Å². The van der Waals surface area contributed by atoms with E-state index in [9.17, 15) is 9.18 Å². The Hall–Kier alpha value is -1.78. The second-order valence-corrected chi connectivity index (χ2v) is 2.58. The van der Waals surface area contributed by atoms with Gasteiger partial charge in [-0.3, -0.25) is 0 Å². The van der Waals surface area contributed by atoms with E-state index in [4.69, 9.17) is 5.11 Å². The van der Waals surface area contributed by atoms with Crippen LogP contribution in [0.5, 0.6) is 11.5 Å². The molecular formula is C9H9FO4. The quantitative estimate of drug-likeness (QED) is 0.556. The van der Waals surface area contributed by atoms with E-state index in [-0.39, 0.29) is 11.3 Å². The summed E-state index contributed by atoms with van der Waals surface area (Å²) in [5, 5.41) is 9.17. The minimum Gasteiger partial charge on any atom is -0.505 e. The lowest BCUT2D eigenvalue weighted by Crippen LogP contribution is -2.08. The number of phenols is 1. The molecule has 1 aromatic rings. The molecule has 0 saturated heterocycles. The van der Waals surface area contributed by atoms with E-state index in [1.54, 1.807) is 0 Å². The van der Waals surface area contributed by atoms with Crippen LogP contribution in [0, 0.1) is 12.7 Å². The van der Waals surface area contributed by atoms with Crippen LogP contribution in [0.3, 0.4) is 0 Å². The van der Waals surface area contributed by atoms with Crippen molar-refractivity contribution in [3.63, 3.8) is 0 Å². The van der Waals surface area contributed by atoms with E-state index in [0.717, 1.165) is 13.2 Å². The van der Waals surface area contributed by atoms with Gasteiger partial charge < -0.3 is 14.6 Å². The van der Waals surface area contributed by atoms with Gasteiger partial charge in [0.05, 0.1) is 7.11 Å². The molecule has 0 saturated carbocycles. The molecule has 0 aliphatic heterocycles. The van der Waals surface area contributed by atoms with Crippen LogP contribution in [0.2, 0.25) is 0 Å². The Labute approximate surface area is 79.9 Å². The number of aromatic hydroxyl groups is 1. The van der Waals surface area contributed by atoms with Gasteiger partial charge in [-0.25, -0.2) is 9.18 Å². The Kier molecular flexibility index (Phi) is 2.91. The lowest BCUT2D eigenvalue weighted by molar-refractivity contribution is 0.121. The van der Waals surface area contributed by atoms with E-state index >= 15 is 0 Å². The molecule has 1 rings (SSSR count). The molecule has 5 heteroatoms. The molecule has 0 radical (unpaired) electrons. The topological polar surface area (TPSA) is 55.8 Å². The zero-order valence-electron chi connectivity index (χ0n) is 7.70. The van der Waals surface area contributed by atoms with Crippen LogP contribution in [0.4, 0.5) is 9.18 Å². The summed E-state index contributed by atoms with van der Waals surface area (Å²) < 4.78 is 21.6. The predicted molar refractivity (Wildman–Crippen MR) is 45.8 cm³/mol. The highest BCUT2D eigenvalue weighted by Gasteiger charge is 2.12. The van der Waals surface area contributed by atoms with E-state index < -0.39 is 17.7 Å². The molecule has 0 aliphatic carbocycles. The zero-order valence-corrected chi connectivity index (χ0v) is 7.70. The Bertz CT molecular complexity index is 362. The summed E-state index contributed by atoms with van der Waals surface area (Å²) in [6.07, 6.45) is -0.917. The number of carbonyl (C=O) groups is 1. The molecule has 1 aromatic carbocycles.